The van der Waals surface area contributed by atoms with E-state index in [0.29, 0.717) is 44.8 Å². The monoisotopic (exact) mass is 933 g/mol. The van der Waals surface area contributed by atoms with Crippen LogP contribution in [0.15, 0.2) is 42.9 Å². The minimum Gasteiger partial charge on any atom is -0.382 e. The number of aromatic nitrogens is 2. The van der Waals surface area contributed by atoms with Crippen molar-refractivity contribution in [2.45, 2.75) is 148 Å². The number of nitrogens with zero attached hydrogens (tertiary/aromatic N) is 3. The summed E-state index contributed by atoms with van der Waals surface area (Å²) in [5.74, 6) is -5.84. The Bertz CT molecular complexity index is 1860. The number of benzene rings is 1. The van der Waals surface area contributed by atoms with E-state index in [0.717, 1.165) is 44.9 Å². The zero-order chi connectivity index (χ0) is 47.9. The first-order valence-corrected chi connectivity index (χ1v) is 24.5. The Balaban J connectivity index is 1.74. The van der Waals surface area contributed by atoms with Gasteiger partial charge in [0.15, 0.2) is 11.6 Å². The molecule has 0 radical (unpaired) electrons. The van der Waals surface area contributed by atoms with Crippen LogP contribution in [0.2, 0.25) is 0 Å². The Hall–Kier alpha value is -4.32. The molecule has 2 heterocycles. The topological polar surface area (TPSA) is 259 Å². The summed E-state index contributed by atoms with van der Waals surface area (Å²) in [6.07, 6.45) is 9.92. The predicted molar refractivity (Wildman–Crippen MR) is 243 cm³/mol. The van der Waals surface area contributed by atoms with Crippen molar-refractivity contribution in [1.29, 1.82) is 0 Å². The fourth-order valence-electron chi connectivity index (χ4n) is 8.07. The number of hydrogen-bond donors (Lipinski definition) is 5. The van der Waals surface area contributed by atoms with E-state index >= 15 is 0 Å². The van der Waals surface area contributed by atoms with Gasteiger partial charge in [0.25, 0.3) is 0 Å². The molecule has 1 saturated heterocycles. The maximum absolute atomic E-state index is 14.3. The molecule has 0 unspecified atom stereocenters. The number of phosphoric acid groups is 1. The third-order valence-corrected chi connectivity index (χ3v) is 12.3. The number of hydrogen-bond acceptors (Lipinski definition) is 11. The Morgan fingerprint density at radius 2 is 1.60 bits per heavy atom. The van der Waals surface area contributed by atoms with Crippen LogP contribution < -0.4 is 16.4 Å². The highest BCUT2D eigenvalue weighted by Gasteiger charge is 2.38. The van der Waals surface area contributed by atoms with Crippen molar-refractivity contribution in [3.63, 3.8) is 0 Å². The fraction of sp³-hybridized carbons (Fsp3) is 0.674. The normalized spacial score (nSPS) is 16.4. The lowest BCUT2D eigenvalue weighted by molar-refractivity contribution is -0.140. The number of rotatable bonds is 33. The number of Topliss-reactive ketones (excluding diaryl/α,β-unsaturated/α-hetero) is 2. The van der Waals surface area contributed by atoms with E-state index in [1.807, 2.05) is 24.5 Å². The van der Waals surface area contributed by atoms with E-state index in [1.165, 1.54) is 24.3 Å². The molecule has 364 valence electrons. The first kappa shape index (κ1) is 55.0. The Morgan fingerprint density at radius 1 is 0.908 bits per heavy atom. The highest BCUT2D eigenvalue weighted by molar-refractivity contribution is 7.46. The number of imidazole rings is 1. The number of likely N-dealkylation sites (tertiary alicyclic amines) is 1. The lowest BCUT2D eigenvalue weighted by atomic mass is 9.89. The van der Waals surface area contributed by atoms with Gasteiger partial charge >= 0.3 is 7.82 Å². The summed E-state index contributed by atoms with van der Waals surface area (Å²) in [4.78, 5) is 105. The molecule has 2 aromatic rings. The van der Waals surface area contributed by atoms with Gasteiger partial charge in [-0.15, -0.1) is 0 Å². The molecule has 6 atom stereocenters. The van der Waals surface area contributed by atoms with Gasteiger partial charge in [0.2, 0.25) is 23.6 Å². The Morgan fingerprint density at radius 3 is 2.26 bits per heavy atom. The molecular formula is C46H73N6O12P. The van der Waals surface area contributed by atoms with E-state index in [-0.39, 0.29) is 44.1 Å². The number of ether oxygens (including phenoxy) is 2. The molecular weight excluding hydrogens is 860 g/mol. The maximum atomic E-state index is 14.3. The molecule has 0 aliphatic carbocycles. The van der Waals surface area contributed by atoms with E-state index < -0.39 is 79.6 Å². The maximum Gasteiger partial charge on any atom is 0.469 e. The third-order valence-electron chi connectivity index (χ3n) is 11.7. The SMILES string of the molecule is COCCOCCC(=O)N1CCC[C@H]1C(=O)N[C@@H](CC(C)C)C(=O)C[C@@H](Cc1cncn1CCCCCCCCc1ccccc1)C(=O)N[C@@H](C)C(=O)C[C@H](C(N)=O)[C@@H](C)OP(=O)(O)O. The fourth-order valence-corrected chi connectivity index (χ4v) is 8.65. The first-order valence-electron chi connectivity index (χ1n) is 23.0. The average Bonchev–Trinajstić information content (AvgIpc) is 3.92. The van der Waals surface area contributed by atoms with Crippen LogP contribution in [0.1, 0.15) is 116 Å². The van der Waals surface area contributed by atoms with Crippen molar-refractivity contribution in [2.75, 3.05) is 33.5 Å². The smallest absolute Gasteiger partial charge is 0.382 e. The summed E-state index contributed by atoms with van der Waals surface area (Å²) in [6.45, 7) is 8.38. The predicted octanol–water partition coefficient (Wildman–Crippen LogP) is 4.22. The second kappa shape index (κ2) is 28.7. The number of carbonyl (C=O) groups is 6. The highest BCUT2D eigenvalue weighted by Crippen LogP contribution is 2.39. The van der Waals surface area contributed by atoms with Crippen molar-refractivity contribution >= 4 is 43.0 Å². The largest absolute Gasteiger partial charge is 0.469 e. The second-order valence-electron chi connectivity index (χ2n) is 17.5. The number of methoxy groups -OCH3 is 1. The summed E-state index contributed by atoms with van der Waals surface area (Å²) in [5.41, 5.74) is 7.51. The van der Waals surface area contributed by atoms with Crippen molar-refractivity contribution < 1.29 is 57.1 Å². The van der Waals surface area contributed by atoms with E-state index in [2.05, 4.69) is 44.4 Å². The molecule has 0 saturated carbocycles. The summed E-state index contributed by atoms with van der Waals surface area (Å²) >= 11 is 0. The summed E-state index contributed by atoms with van der Waals surface area (Å²) < 4.78 is 28.5. The molecule has 1 aromatic carbocycles. The van der Waals surface area contributed by atoms with Crippen molar-refractivity contribution in [3.05, 3.63) is 54.1 Å². The molecule has 6 N–H and O–H groups in total. The van der Waals surface area contributed by atoms with Crippen LogP contribution in [-0.2, 0) is 66.7 Å². The zero-order valence-electron chi connectivity index (χ0n) is 38.9. The van der Waals surface area contributed by atoms with Crippen LogP contribution in [0, 0.1) is 17.8 Å². The standard InChI is InChI=1S/C46H73N6O12P/c1-32(2)26-39(50-46(58)40-19-15-22-52(40)43(55)20-23-63-25-24-62-5)42(54)28-36(45(57)49-33(3)41(53)29-38(44(47)56)34(4)64-65(59,60)61)27-37-30-48-31-51(37)21-14-9-7-6-8-11-16-35-17-12-10-13-18-35/h10,12-13,17-18,30-34,36,38-40H,6-9,11,14-16,19-29H2,1-5H3,(H2,47,56)(H,49,57)(H,50,58)(H2,59,60,61)/t33-,34+,36+,38-,39-,40-/m0/s1. The molecule has 18 nitrogen and oxygen atoms in total. The van der Waals surface area contributed by atoms with E-state index in [9.17, 15) is 43.1 Å². The minimum atomic E-state index is -5.02. The van der Waals surface area contributed by atoms with Crippen LogP contribution in [0.5, 0.6) is 0 Å². The number of primary amides is 1. The van der Waals surface area contributed by atoms with Gasteiger partial charge in [-0.3, -0.25) is 33.3 Å². The third kappa shape index (κ3) is 20.4. The summed E-state index contributed by atoms with van der Waals surface area (Å²) in [7, 11) is -3.46. The van der Waals surface area contributed by atoms with Crippen LogP contribution in [0.4, 0.5) is 0 Å². The first-order chi connectivity index (χ1) is 30.9. The van der Waals surface area contributed by atoms with Crippen molar-refractivity contribution in [2.24, 2.45) is 23.5 Å². The van der Waals surface area contributed by atoms with Crippen LogP contribution >= 0.6 is 7.82 Å². The number of ketones is 2. The second-order valence-corrected chi connectivity index (χ2v) is 18.7. The lowest BCUT2D eigenvalue weighted by Crippen LogP contribution is -2.52. The number of nitrogens with one attached hydrogen (secondary N) is 2. The van der Waals surface area contributed by atoms with Gasteiger partial charge in [-0.05, 0) is 63.9 Å². The quantitative estimate of drug-likeness (QED) is 0.0497. The minimum absolute atomic E-state index is 0.0276. The molecule has 19 heteroatoms. The van der Waals surface area contributed by atoms with Gasteiger partial charge in [-0.25, -0.2) is 9.55 Å². The number of nitrogens with two attached hydrogens (primary N) is 1. The molecule has 1 aliphatic rings. The number of amides is 4. The molecule has 4 amide bonds. The molecule has 1 aromatic heterocycles. The Kier molecular flexibility index (Phi) is 24.3. The van der Waals surface area contributed by atoms with Crippen LogP contribution in [0.25, 0.3) is 0 Å². The molecule has 65 heavy (non-hydrogen) atoms. The Labute approximate surface area is 383 Å². The highest BCUT2D eigenvalue weighted by atomic mass is 31.2. The molecule has 3 rings (SSSR count). The number of unbranched alkanes of at least 4 members (excludes halogenated alkanes) is 5. The zero-order valence-corrected chi connectivity index (χ0v) is 39.8. The van der Waals surface area contributed by atoms with Gasteiger partial charge in [0.05, 0.1) is 62.6 Å². The number of carbonyl (C=O) groups excluding carboxylic acids is 6. The van der Waals surface area contributed by atoms with Crippen LogP contribution in [0.3, 0.4) is 0 Å². The summed E-state index contributed by atoms with van der Waals surface area (Å²) in [6, 6.07) is 7.49. The van der Waals surface area contributed by atoms with Crippen molar-refractivity contribution in [1.82, 2.24) is 25.1 Å². The van der Waals surface area contributed by atoms with Gasteiger partial charge in [-0.2, -0.15) is 0 Å². The molecule has 1 aliphatic heterocycles. The van der Waals surface area contributed by atoms with E-state index in [4.69, 9.17) is 15.2 Å². The number of aryl methyl sites for hydroxylation is 2. The lowest BCUT2D eigenvalue weighted by Gasteiger charge is -2.28. The van der Waals surface area contributed by atoms with Gasteiger partial charge in [0.1, 0.15) is 6.04 Å². The van der Waals surface area contributed by atoms with Gasteiger partial charge in [-0.1, -0.05) is 69.9 Å². The number of phosphoric ester groups is 1. The van der Waals surface area contributed by atoms with Crippen LogP contribution in [-0.4, -0.2) is 117 Å². The summed E-state index contributed by atoms with van der Waals surface area (Å²) in [5, 5.41) is 5.59. The van der Waals surface area contributed by atoms with E-state index in [1.54, 1.807) is 19.6 Å². The van der Waals surface area contributed by atoms with Gasteiger partial charge in [0, 0.05) is 51.4 Å². The average molecular weight is 933 g/mol. The molecule has 1 fully saturated rings. The van der Waals surface area contributed by atoms with Gasteiger partial charge < -0.3 is 45.1 Å². The molecule has 0 bridgehead atoms. The van der Waals surface area contributed by atoms with Crippen molar-refractivity contribution in [3.8, 4) is 0 Å². The molecule has 0 spiro atoms.